The number of amides is 1. The zero-order valence-corrected chi connectivity index (χ0v) is 18.3. The molecule has 0 fully saturated rings. The van der Waals surface area contributed by atoms with Gasteiger partial charge < -0.3 is 5.32 Å². The van der Waals surface area contributed by atoms with E-state index < -0.39 is 9.84 Å². The van der Waals surface area contributed by atoms with Crippen LogP contribution < -0.4 is 5.32 Å². The van der Waals surface area contributed by atoms with E-state index in [-0.39, 0.29) is 17.3 Å². The molecule has 0 aliphatic heterocycles. The minimum Gasteiger partial charge on any atom is -0.348 e. The Morgan fingerprint density at radius 3 is 2.57 bits per heavy atom. The maximum Gasteiger partial charge on any atom is 0.252 e. The molecule has 1 amide bonds. The Balaban J connectivity index is 1.65. The number of pyridine rings is 1. The number of aromatic nitrogens is 3. The monoisotopic (exact) mass is 440 g/mol. The summed E-state index contributed by atoms with van der Waals surface area (Å²) in [6, 6.07) is 12.2. The van der Waals surface area contributed by atoms with Crippen LogP contribution in [0.5, 0.6) is 0 Å². The van der Waals surface area contributed by atoms with Crippen molar-refractivity contribution in [3.63, 3.8) is 0 Å². The van der Waals surface area contributed by atoms with Crippen LogP contribution in [0.1, 0.15) is 21.6 Å². The molecule has 0 aliphatic carbocycles. The first-order valence-electron chi connectivity index (χ1n) is 9.19. The first-order chi connectivity index (χ1) is 14.2. The van der Waals surface area contributed by atoms with Gasteiger partial charge in [-0.2, -0.15) is 5.10 Å². The quantitative estimate of drug-likeness (QED) is 0.514. The van der Waals surface area contributed by atoms with Crippen LogP contribution in [0.25, 0.3) is 21.6 Å². The second-order valence-electron chi connectivity index (χ2n) is 7.04. The molecule has 0 aliphatic rings. The molecule has 0 unspecified atom stereocenters. The van der Waals surface area contributed by atoms with E-state index in [1.807, 2.05) is 31.5 Å². The first-order valence-corrected chi connectivity index (χ1v) is 12.0. The number of rotatable bonds is 5. The van der Waals surface area contributed by atoms with Gasteiger partial charge in [0.25, 0.3) is 5.91 Å². The SMILES string of the molecule is Cc1nn(C)c2nc(-c3cccs3)cc(C(=O)NCc3ccc(S(C)(=O)=O)cc3)c12. The lowest BCUT2D eigenvalue weighted by molar-refractivity contribution is 0.0952. The summed E-state index contributed by atoms with van der Waals surface area (Å²) in [5.41, 5.74) is 3.44. The highest BCUT2D eigenvalue weighted by molar-refractivity contribution is 7.90. The molecule has 0 spiro atoms. The standard InChI is InChI=1S/C21H20N4O3S2/c1-13-19-16(11-17(18-5-4-10-29-18)23-20(19)25(2)24-13)21(26)22-12-14-6-8-15(9-7-14)30(3,27)28/h4-11H,12H2,1-3H3,(H,22,26). The van der Waals surface area contributed by atoms with Crippen molar-refractivity contribution in [1.29, 1.82) is 0 Å². The number of sulfone groups is 1. The predicted molar refractivity (Wildman–Crippen MR) is 117 cm³/mol. The second-order valence-corrected chi connectivity index (χ2v) is 10.0. The molecular formula is C21H20N4O3S2. The molecule has 3 heterocycles. The fraction of sp³-hybridized carbons (Fsp3) is 0.190. The maximum atomic E-state index is 13.1. The molecule has 0 radical (unpaired) electrons. The van der Waals surface area contributed by atoms with Crippen LogP contribution in [-0.2, 0) is 23.4 Å². The molecule has 0 saturated carbocycles. The highest BCUT2D eigenvalue weighted by atomic mass is 32.2. The van der Waals surface area contributed by atoms with Crippen LogP contribution in [0.3, 0.4) is 0 Å². The van der Waals surface area contributed by atoms with E-state index in [1.165, 1.54) is 6.26 Å². The Labute approximate surface area is 178 Å². The molecule has 9 heteroatoms. The highest BCUT2D eigenvalue weighted by Gasteiger charge is 2.19. The maximum absolute atomic E-state index is 13.1. The Hall–Kier alpha value is -3.04. The summed E-state index contributed by atoms with van der Waals surface area (Å²) in [4.78, 5) is 19.0. The molecule has 0 atom stereocenters. The van der Waals surface area contributed by atoms with E-state index in [4.69, 9.17) is 4.98 Å². The van der Waals surface area contributed by atoms with Gasteiger partial charge in [0.1, 0.15) is 0 Å². The van der Waals surface area contributed by atoms with E-state index in [2.05, 4.69) is 10.4 Å². The van der Waals surface area contributed by atoms with Gasteiger partial charge in [-0.3, -0.25) is 9.48 Å². The van der Waals surface area contributed by atoms with Gasteiger partial charge in [-0.15, -0.1) is 11.3 Å². The van der Waals surface area contributed by atoms with Crippen molar-refractivity contribution in [1.82, 2.24) is 20.1 Å². The van der Waals surface area contributed by atoms with Crippen LogP contribution in [0.15, 0.2) is 52.7 Å². The minimum absolute atomic E-state index is 0.233. The molecule has 30 heavy (non-hydrogen) atoms. The van der Waals surface area contributed by atoms with Gasteiger partial charge in [-0.25, -0.2) is 13.4 Å². The Kier molecular flexibility index (Phi) is 5.17. The van der Waals surface area contributed by atoms with Crippen molar-refractivity contribution in [2.24, 2.45) is 7.05 Å². The second kappa shape index (κ2) is 7.66. The zero-order chi connectivity index (χ0) is 21.5. The van der Waals surface area contributed by atoms with Crippen molar-refractivity contribution in [2.45, 2.75) is 18.4 Å². The molecule has 0 bridgehead atoms. The number of aryl methyl sites for hydroxylation is 2. The average molecular weight is 441 g/mol. The number of thiophene rings is 1. The topological polar surface area (TPSA) is 93.9 Å². The number of fused-ring (bicyclic) bond motifs is 1. The van der Waals surface area contributed by atoms with Crippen molar-refractivity contribution < 1.29 is 13.2 Å². The molecule has 3 aromatic heterocycles. The number of nitrogens with zero attached hydrogens (tertiary/aromatic N) is 3. The van der Waals surface area contributed by atoms with Crippen molar-refractivity contribution >= 4 is 38.1 Å². The Morgan fingerprint density at radius 2 is 1.93 bits per heavy atom. The van der Waals surface area contributed by atoms with Crippen LogP contribution in [0.4, 0.5) is 0 Å². The third-order valence-electron chi connectivity index (χ3n) is 4.79. The van der Waals surface area contributed by atoms with Crippen LogP contribution >= 0.6 is 11.3 Å². The summed E-state index contributed by atoms with van der Waals surface area (Å²) in [5.74, 6) is -0.233. The van der Waals surface area contributed by atoms with Crippen molar-refractivity contribution in [3.05, 3.63) is 64.7 Å². The molecular weight excluding hydrogens is 420 g/mol. The average Bonchev–Trinajstić information content (AvgIpc) is 3.34. The molecule has 1 N–H and O–H groups in total. The Bertz CT molecular complexity index is 1340. The summed E-state index contributed by atoms with van der Waals surface area (Å²) in [6.45, 7) is 2.13. The lowest BCUT2D eigenvalue weighted by atomic mass is 10.1. The summed E-state index contributed by atoms with van der Waals surface area (Å²) >= 11 is 1.56. The van der Waals surface area contributed by atoms with E-state index >= 15 is 0 Å². The molecule has 1 aromatic carbocycles. The third kappa shape index (κ3) is 3.86. The van der Waals surface area contributed by atoms with Gasteiger partial charge in [0.15, 0.2) is 15.5 Å². The molecule has 4 aromatic rings. The fourth-order valence-corrected chi connectivity index (χ4v) is 4.62. The molecule has 0 saturated heterocycles. The van der Waals surface area contributed by atoms with Crippen LogP contribution in [-0.4, -0.2) is 35.3 Å². The zero-order valence-electron chi connectivity index (χ0n) is 16.7. The number of carbonyl (C=O) groups excluding carboxylic acids is 1. The van der Waals surface area contributed by atoms with Gasteiger partial charge in [0.05, 0.1) is 32.1 Å². The highest BCUT2D eigenvalue weighted by Crippen LogP contribution is 2.29. The summed E-state index contributed by atoms with van der Waals surface area (Å²) in [5, 5.41) is 10.0. The smallest absolute Gasteiger partial charge is 0.252 e. The van der Waals surface area contributed by atoms with Crippen LogP contribution in [0.2, 0.25) is 0 Å². The van der Waals surface area contributed by atoms with Gasteiger partial charge in [0.2, 0.25) is 0 Å². The number of hydrogen-bond acceptors (Lipinski definition) is 6. The molecule has 4 rings (SSSR count). The van der Waals surface area contributed by atoms with Gasteiger partial charge in [0, 0.05) is 19.8 Å². The van der Waals surface area contributed by atoms with Gasteiger partial charge >= 0.3 is 0 Å². The van der Waals surface area contributed by atoms with Crippen molar-refractivity contribution in [2.75, 3.05) is 6.26 Å². The summed E-state index contributed by atoms with van der Waals surface area (Å²) in [7, 11) is -1.44. The number of carbonyl (C=O) groups is 1. The normalized spacial score (nSPS) is 11.7. The van der Waals surface area contributed by atoms with E-state index in [1.54, 1.807) is 46.4 Å². The summed E-state index contributed by atoms with van der Waals surface area (Å²) in [6.07, 6.45) is 1.17. The number of nitrogens with one attached hydrogen (secondary N) is 1. The minimum atomic E-state index is -3.25. The molecule has 7 nitrogen and oxygen atoms in total. The van der Waals surface area contributed by atoms with Gasteiger partial charge in [-0.1, -0.05) is 18.2 Å². The van der Waals surface area contributed by atoms with E-state index in [9.17, 15) is 13.2 Å². The third-order valence-corrected chi connectivity index (χ3v) is 6.81. The lowest BCUT2D eigenvalue weighted by Gasteiger charge is -2.09. The lowest BCUT2D eigenvalue weighted by Crippen LogP contribution is -2.23. The van der Waals surface area contributed by atoms with Crippen molar-refractivity contribution in [3.8, 4) is 10.6 Å². The predicted octanol–water partition coefficient (Wildman–Crippen LogP) is 3.34. The van der Waals surface area contributed by atoms with Crippen LogP contribution in [0, 0.1) is 6.92 Å². The Morgan fingerprint density at radius 1 is 1.20 bits per heavy atom. The fourth-order valence-electron chi connectivity index (χ4n) is 3.31. The molecule has 154 valence electrons. The number of benzene rings is 1. The van der Waals surface area contributed by atoms with Gasteiger partial charge in [-0.05, 0) is 42.1 Å². The number of hydrogen-bond donors (Lipinski definition) is 1. The summed E-state index contributed by atoms with van der Waals surface area (Å²) < 4.78 is 24.9. The van der Waals surface area contributed by atoms with E-state index in [0.29, 0.717) is 11.2 Å². The van der Waals surface area contributed by atoms with E-state index in [0.717, 1.165) is 27.2 Å². The largest absolute Gasteiger partial charge is 0.348 e. The first kappa shape index (κ1) is 20.2.